The maximum absolute atomic E-state index is 4.88. The highest BCUT2D eigenvalue weighted by Crippen LogP contribution is 2.45. The van der Waals surface area contributed by atoms with E-state index in [9.17, 15) is 0 Å². The zero-order chi connectivity index (χ0) is 15.2. The summed E-state index contributed by atoms with van der Waals surface area (Å²) in [6.45, 7) is 1.02. The zero-order valence-electron chi connectivity index (χ0n) is 12.9. The van der Waals surface area contributed by atoms with Crippen LogP contribution in [0.15, 0.2) is 66.9 Å². The van der Waals surface area contributed by atoms with Gasteiger partial charge in [-0.1, -0.05) is 48.5 Å². The molecule has 1 aliphatic heterocycles. The molecule has 112 valence electrons. The number of nitrogens with zero attached hydrogens (tertiary/aromatic N) is 2. The summed E-state index contributed by atoms with van der Waals surface area (Å²) in [5.41, 5.74) is 5.12. The molecule has 2 unspecified atom stereocenters. The van der Waals surface area contributed by atoms with Crippen LogP contribution in [0.2, 0.25) is 0 Å². The van der Waals surface area contributed by atoms with Crippen molar-refractivity contribution in [1.29, 1.82) is 0 Å². The third kappa shape index (κ3) is 2.22. The zero-order valence-corrected chi connectivity index (χ0v) is 12.9. The van der Waals surface area contributed by atoms with Crippen molar-refractivity contribution in [3.8, 4) is 0 Å². The molecule has 1 fully saturated rings. The molecule has 2 aliphatic rings. The van der Waals surface area contributed by atoms with Gasteiger partial charge in [0.05, 0.1) is 5.52 Å². The van der Waals surface area contributed by atoms with Crippen LogP contribution in [0.5, 0.6) is 0 Å². The molecule has 0 saturated heterocycles. The normalized spacial score (nSPS) is 22.2. The van der Waals surface area contributed by atoms with Gasteiger partial charge in [-0.2, -0.15) is 0 Å². The Labute approximate surface area is 136 Å². The predicted octanol–water partition coefficient (Wildman–Crippen LogP) is 4.58. The van der Waals surface area contributed by atoms with Crippen molar-refractivity contribution in [2.24, 2.45) is 0 Å². The first-order chi connectivity index (χ1) is 11.4. The Kier molecular flexibility index (Phi) is 2.77. The molecule has 1 saturated carbocycles. The molecule has 1 aromatic heterocycles. The molecule has 1 aliphatic carbocycles. The Bertz CT molecular complexity index is 912. The highest BCUT2D eigenvalue weighted by atomic mass is 15.2. The van der Waals surface area contributed by atoms with Crippen molar-refractivity contribution in [3.05, 3.63) is 83.7 Å². The van der Waals surface area contributed by atoms with Gasteiger partial charge < -0.3 is 4.90 Å². The largest absolute Gasteiger partial charge is 0.369 e. The summed E-state index contributed by atoms with van der Waals surface area (Å²) in [5, 5.41) is 1.22. The van der Waals surface area contributed by atoms with Gasteiger partial charge >= 0.3 is 0 Å². The Balaban J connectivity index is 1.39. The number of fused-ring (bicyclic) bond motifs is 2. The summed E-state index contributed by atoms with van der Waals surface area (Å²) in [7, 11) is 0. The molecule has 2 heterocycles. The second-order valence-electron chi connectivity index (χ2n) is 6.53. The molecule has 2 atom stereocenters. The second-order valence-corrected chi connectivity index (χ2v) is 6.53. The smallest absolute Gasteiger partial charge is 0.0705 e. The fourth-order valence-corrected chi connectivity index (χ4v) is 3.65. The number of aromatic nitrogens is 1. The van der Waals surface area contributed by atoms with E-state index in [2.05, 4.69) is 77.8 Å². The first-order valence-electron chi connectivity index (χ1n) is 8.26. The minimum atomic E-state index is 0.564. The Morgan fingerprint density at radius 1 is 0.913 bits per heavy atom. The van der Waals surface area contributed by atoms with E-state index in [1.165, 1.54) is 28.6 Å². The summed E-state index contributed by atoms with van der Waals surface area (Å²) < 4.78 is 0. The lowest BCUT2D eigenvalue weighted by molar-refractivity contribution is 0.350. The van der Waals surface area contributed by atoms with E-state index in [0.29, 0.717) is 12.0 Å². The fourth-order valence-electron chi connectivity index (χ4n) is 3.65. The maximum atomic E-state index is 4.88. The van der Waals surface area contributed by atoms with Crippen molar-refractivity contribution >= 4 is 17.0 Å². The van der Waals surface area contributed by atoms with Gasteiger partial charge in [-0.25, -0.2) is 0 Å². The van der Waals surface area contributed by atoms with Crippen LogP contribution < -0.4 is 0 Å². The predicted molar refractivity (Wildman–Crippen MR) is 93.9 cm³/mol. The molecule has 5 rings (SSSR count). The van der Waals surface area contributed by atoms with Crippen molar-refractivity contribution in [3.63, 3.8) is 0 Å². The van der Waals surface area contributed by atoms with E-state index in [1.807, 2.05) is 0 Å². The van der Waals surface area contributed by atoms with E-state index >= 15 is 0 Å². The van der Waals surface area contributed by atoms with Crippen LogP contribution in [0.4, 0.5) is 0 Å². The van der Waals surface area contributed by atoms with E-state index in [0.717, 1.165) is 12.1 Å². The quantitative estimate of drug-likeness (QED) is 0.688. The number of hydrogen-bond donors (Lipinski definition) is 0. The van der Waals surface area contributed by atoms with Gasteiger partial charge in [0.15, 0.2) is 0 Å². The van der Waals surface area contributed by atoms with Crippen molar-refractivity contribution < 1.29 is 0 Å². The van der Waals surface area contributed by atoms with Gasteiger partial charge in [0.2, 0.25) is 0 Å². The standard InChI is InChI=1S/C21H18N2/c1-2-7-17-14-23(12-11-15(17)5-1)21-13-18(21)20-10-9-16-6-3-4-8-19(16)22-20/h1-12,18,21H,13-14H2. The second kappa shape index (κ2) is 4.95. The van der Waals surface area contributed by atoms with Crippen LogP contribution in [-0.2, 0) is 6.54 Å². The summed E-state index contributed by atoms with van der Waals surface area (Å²) in [6, 6.07) is 22.0. The summed E-state index contributed by atoms with van der Waals surface area (Å²) in [4.78, 5) is 7.35. The molecule has 2 nitrogen and oxygen atoms in total. The molecular formula is C21H18N2. The molecule has 2 heteroatoms. The highest BCUT2D eigenvalue weighted by Gasteiger charge is 2.43. The van der Waals surface area contributed by atoms with Crippen molar-refractivity contribution in [2.75, 3.05) is 0 Å². The molecule has 0 N–H and O–H groups in total. The lowest BCUT2D eigenvalue weighted by Gasteiger charge is -2.25. The number of benzene rings is 2. The average Bonchev–Trinajstić information content (AvgIpc) is 3.42. The Morgan fingerprint density at radius 2 is 1.78 bits per heavy atom. The summed E-state index contributed by atoms with van der Waals surface area (Å²) >= 11 is 0. The minimum Gasteiger partial charge on any atom is -0.369 e. The number of para-hydroxylation sites is 1. The van der Waals surface area contributed by atoms with Gasteiger partial charge in [-0.3, -0.25) is 4.98 Å². The topological polar surface area (TPSA) is 16.1 Å². The van der Waals surface area contributed by atoms with Crippen LogP contribution in [0, 0.1) is 0 Å². The lowest BCUT2D eigenvalue weighted by atomic mass is 10.0. The average molecular weight is 298 g/mol. The SMILES string of the molecule is C1=CN(C2CC2c2ccc3ccccc3n2)Cc2ccccc21. The van der Waals surface area contributed by atoms with Crippen LogP contribution >= 0.6 is 0 Å². The molecule has 2 aromatic carbocycles. The third-order valence-electron chi connectivity index (χ3n) is 5.04. The minimum absolute atomic E-state index is 0.564. The first-order valence-corrected chi connectivity index (χ1v) is 8.26. The van der Waals surface area contributed by atoms with Crippen molar-refractivity contribution in [2.45, 2.75) is 24.9 Å². The number of hydrogen-bond acceptors (Lipinski definition) is 2. The van der Waals surface area contributed by atoms with E-state index < -0.39 is 0 Å². The van der Waals surface area contributed by atoms with E-state index in [-0.39, 0.29) is 0 Å². The van der Waals surface area contributed by atoms with Crippen molar-refractivity contribution in [1.82, 2.24) is 9.88 Å². The van der Waals surface area contributed by atoms with Crippen LogP contribution in [0.1, 0.15) is 29.2 Å². The van der Waals surface area contributed by atoms with Gasteiger partial charge in [0.25, 0.3) is 0 Å². The maximum Gasteiger partial charge on any atom is 0.0705 e. The number of pyridine rings is 1. The van der Waals surface area contributed by atoms with E-state index in [4.69, 9.17) is 4.98 Å². The Hall–Kier alpha value is -2.61. The summed E-state index contributed by atoms with van der Waals surface area (Å²) in [5.74, 6) is 0.564. The molecule has 0 amide bonds. The molecule has 23 heavy (non-hydrogen) atoms. The van der Waals surface area contributed by atoms with Gasteiger partial charge in [0, 0.05) is 35.8 Å². The van der Waals surface area contributed by atoms with Crippen LogP contribution in [0.25, 0.3) is 17.0 Å². The molecule has 0 bridgehead atoms. The first kappa shape index (κ1) is 12.9. The molecule has 0 spiro atoms. The lowest BCUT2D eigenvalue weighted by Crippen LogP contribution is -2.23. The number of rotatable bonds is 2. The van der Waals surface area contributed by atoms with Gasteiger partial charge in [-0.05, 0) is 35.8 Å². The molecule has 3 aromatic rings. The van der Waals surface area contributed by atoms with Gasteiger partial charge in [-0.15, -0.1) is 0 Å². The highest BCUT2D eigenvalue weighted by molar-refractivity contribution is 5.78. The third-order valence-corrected chi connectivity index (χ3v) is 5.04. The summed E-state index contributed by atoms with van der Waals surface area (Å²) in [6.07, 6.45) is 5.70. The monoisotopic (exact) mass is 298 g/mol. The fraction of sp³-hybridized carbons (Fsp3) is 0.190. The van der Waals surface area contributed by atoms with Crippen LogP contribution in [0.3, 0.4) is 0 Å². The molecular weight excluding hydrogens is 280 g/mol. The Morgan fingerprint density at radius 3 is 2.78 bits per heavy atom. The van der Waals surface area contributed by atoms with Gasteiger partial charge in [0.1, 0.15) is 0 Å². The van der Waals surface area contributed by atoms with E-state index in [1.54, 1.807) is 0 Å². The molecule has 0 radical (unpaired) electrons. The van der Waals surface area contributed by atoms with Crippen LogP contribution in [-0.4, -0.2) is 15.9 Å².